The molecule has 0 amide bonds. The summed E-state index contributed by atoms with van der Waals surface area (Å²) in [5.74, 6) is -0.287. The average Bonchev–Trinajstić information content (AvgIpc) is 2.14. The molecule has 3 nitrogen and oxygen atoms in total. The molecule has 3 heteroatoms. The van der Waals surface area contributed by atoms with Crippen molar-refractivity contribution in [1.29, 1.82) is 0 Å². The molecule has 0 bridgehead atoms. The molecule has 1 rings (SSSR count). The zero-order valence-electron chi connectivity index (χ0n) is 6.58. The molecule has 1 aliphatic heterocycles. The normalized spacial score (nSPS) is 23.5. The van der Waals surface area contributed by atoms with Gasteiger partial charge in [0.15, 0.2) is 0 Å². The van der Waals surface area contributed by atoms with E-state index in [0.29, 0.717) is 0 Å². The lowest BCUT2D eigenvalue weighted by molar-refractivity contribution is -0.166. The van der Waals surface area contributed by atoms with Gasteiger partial charge in [-0.3, -0.25) is 4.79 Å². The van der Waals surface area contributed by atoms with Gasteiger partial charge in [0, 0.05) is 13.3 Å². The third-order valence-corrected chi connectivity index (χ3v) is 1.43. The minimum atomic E-state index is -0.369. The lowest BCUT2D eigenvalue weighted by atomic mass is 10.2. The molecule has 11 heavy (non-hydrogen) atoms. The van der Waals surface area contributed by atoms with Crippen LogP contribution in [-0.2, 0) is 14.3 Å². The van der Waals surface area contributed by atoms with E-state index in [-0.39, 0.29) is 12.3 Å². The molecule has 0 saturated carbocycles. The van der Waals surface area contributed by atoms with Crippen molar-refractivity contribution < 1.29 is 14.3 Å². The second-order valence-electron chi connectivity index (χ2n) is 2.48. The van der Waals surface area contributed by atoms with Crippen molar-refractivity contribution in [2.75, 3.05) is 0 Å². The monoisotopic (exact) mass is 156 g/mol. The van der Waals surface area contributed by atoms with Gasteiger partial charge in [-0.1, -0.05) is 0 Å². The van der Waals surface area contributed by atoms with Crippen molar-refractivity contribution in [1.82, 2.24) is 0 Å². The number of carbonyl (C=O) groups is 1. The maximum absolute atomic E-state index is 10.5. The molecule has 0 aliphatic carbocycles. The maximum atomic E-state index is 10.5. The molecule has 62 valence electrons. The van der Waals surface area contributed by atoms with E-state index in [9.17, 15) is 4.79 Å². The molecule has 0 saturated heterocycles. The molecule has 0 N–H and O–H groups in total. The number of rotatable bonds is 1. The Morgan fingerprint density at radius 1 is 1.73 bits per heavy atom. The first kappa shape index (κ1) is 8.11. The first-order valence-electron chi connectivity index (χ1n) is 3.77. The van der Waals surface area contributed by atoms with Gasteiger partial charge in [-0.2, -0.15) is 0 Å². The quantitative estimate of drug-likeness (QED) is 0.541. The summed E-state index contributed by atoms with van der Waals surface area (Å²) in [5.41, 5.74) is 0. The maximum Gasteiger partial charge on any atom is 0.305 e. The molecule has 0 aromatic heterocycles. The van der Waals surface area contributed by atoms with Crippen LogP contribution in [0.25, 0.3) is 0 Å². The van der Waals surface area contributed by atoms with Gasteiger partial charge in [0.2, 0.25) is 6.29 Å². The van der Waals surface area contributed by atoms with Crippen molar-refractivity contribution in [3.8, 4) is 0 Å². The SMILES string of the molecule is CC(=O)OC1CCCC=CO1. The number of hydrogen-bond acceptors (Lipinski definition) is 3. The molecule has 0 aromatic carbocycles. The molecule has 1 atom stereocenters. The van der Waals surface area contributed by atoms with E-state index in [0.717, 1.165) is 19.3 Å². The van der Waals surface area contributed by atoms with Gasteiger partial charge < -0.3 is 9.47 Å². The fraction of sp³-hybridized carbons (Fsp3) is 0.625. The Labute approximate surface area is 66.0 Å². The number of esters is 1. The van der Waals surface area contributed by atoms with Gasteiger partial charge in [-0.05, 0) is 18.9 Å². The van der Waals surface area contributed by atoms with Crippen molar-refractivity contribution in [2.24, 2.45) is 0 Å². The van der Waals surface area contributed by atoms with Crippen LogP contribution < -0.4 is 0 Å². The summed E-state index contributed by atoms with van der Waals surface area (Å²) in [6.07, 6.45) is 5.95. The fourth-order valence-corrected chi connectivity index (χ4v) is 0.953. The molecule has 0 spiro atoms. The van der Waals surface area contributed by atoms with Crippen LogP contribution in [0.5, 0.6) is 0 Å². The summed E-state index contributed by atoms with van der Waals surface area (Å²) in [6.45, 7) is 1.39. The zero-order valence-corrected chi connectivity index (χ0v) is 6.58. The van der Waals surface area contributed by atoms with E-state index in [2.05, 4.69) is 0 Å². The fourth-order valence-electron chi connectivity index (χ4n) is 0.953. The molecular formula is C8H12O3. The average molecular weight is 156 g/mol. The van der Waals surface area contributed by atoms with Crippen LogP contribution in [-0.4, -0.2) is 12.3 Å². The highest BCUT2D eigenvalue weighted by Gasteiger charge is 2.12. The van der Waals surface area contributed by atoms with E-state index in [4.69, 9.17) is 9.47 Å². The van der Waals surface area contributed by atoms with Crippen LogP contribution in [0.3, 0.4) is 0 Å². The molecule has 1 unspecified atom stereocenters. The molecule has 1 aliphatic rings. The Balaban J connectivity index is 2.32. The smallest absolute Gasteiger partial charge is 0.305 e. The van der Waals surface area contributed by atoms with Gasteiger partial charge in [-0.25, -0.2) is 0 Å². The first-order valence-corrected chi connectivity index (χ1v) is 3.77. The highest BCUT2D eigenvalue weighted by molar-refractivity contribution is 5.66. The number of hydrogen-bond donors (Lipinski definition) is 0. The topological polar surface area (TPSA) is 35.5 Å². The van der Waals surface area contributed by atoms with Crippen molar-refractivity contribution in [2.45, 2.75) is 32.5 Å². The van der Waals surface area contributed by atoms with Crippen LogP contribution in [0.2, 0.25) is 0 Å². The van der Waals surface area contributed by atoms with Gasteiger partial charge >= 0.3 is 5.97 Å². The molecule has 1 heterocycles. The number of allylic oxidation sites excluding steroid dienone is 1. The number of ether oxygens (including phenoxy) is 2. The Morgan fingerprint density at radius 3 is 3.27 bits per heavy atom. The van der Waals surface area contributed by atoms with E-state index >= 15 is 0 Å². The summed E-state index contributed by atoms with van der Waals surface area (Å²) in [7, 11) is 0. The Hall–Kier alpha value is -0.990. The highest BCUT2D eigenvalue weighted by atomic mass is 16.7. The van der Waals surface area contributed by atoms with Crippen LogP contribution in [0.4, 0.5) is 0 Å². The zero-order chi connectivity index (χ0) is 8.10. The van der Waals surface area contributed by atoms with E-state index in [1.807, 2.05) is 6.08 Å². The minimum absolute atomic E-state index is 0.287. The van der Waals surface area contributed by atoms with Gasteiger partial charge in [-0.15, -0.1) is 0 Å². The molecule has 0 aromatic rings. The Kier molecular flexibility index (Phi) is 2.95. The van der Waals surface area contributed by atoms with E-state index in [1.54, 1.807) is 6.26 Å². The predicted octanol–water partition coefficient (Wildman–Crippen LogP) is 1.59. The predicted molar refractivity (Wildman–Crippen MR) is 39.6 cm³/mol. The third kappa shape index (κ3) is 3.07. The van der Waals surface area contributed by atoms with Crippen LogP contribution in [0.1, 0.15) is 26.2 Å². The van der Waals surface area contributed by atoms with Gasteiger partial charge in [0.25, 0.3) is 0 Å². The summed E-state index contributed by atoms with van der Waals surface area (Å²) >= 11 is 0. The molecule has 0 fully saturated rings. The largest absolute Gasteiger partial charge is 0.463 e. The van der Waals surface area contributed by atoms with Crippen LogP contribution >= 0.6 is 0 Å². The third-order valence-electron chi connectivity index (χ3n) is 1.43. The summed E-state index contributed by atoms with van der Waals surface area (Å²) in [4.78, 5) is 10.5. The second-order valence-corrected chi connectivity index (χ2v) is 2.48. The Bertz CT molecular complexity index is 163. The standard InChI is InChI=1S/C8H12O3/c1-7(9)11-8-5-3-2-4-6-10-8/h4,6,8H,2-3,5H2,1H3. The summed E-state index contributed by atoms with van der Waals surface area (Å²) < 4.78 is 9.95. The summed E-state index contributed by atoms with van der Waals surface area (Å²) in [5, 5.41) is 0. The second kappa shape index (κ2) is 4.01. The van der Waals surface area contributed by atoms with Crippen molar-refractivity contribution in [3.63, 3.8) is 0 Å². The van der Waals surface area contributed by atoms with Crippen molar-refractivity contribution in [3.05, 3.63) is 12.3 Å². The lowest BCUT2D eigenvalue weighted by Crippen LogP contribution is -2.16. The molecule has 0 radical (unpaired) electrons. The lowest BCUT2D eigenvalue weighted by Gasteiger charge is -2.13. The van der Waals surface area contributed by atoms with Gasteiger partial charge in [0.05, 0.1) is 6.26 Å². The van der Waals surface area contributed by atoms with Crippen LogP contribution in [0, 0.1) is 0 Å². The van der Waals surface area contributed by atoms with E-state index in [1.165, 1.54) is 6.92 Å². The first-order chi connectivity index (χ1) is 5.29. The van der Waals surface area contributed by atoms with Crippen LogP contribution in [0.15, 0.2) is 12.3 Å². The van der Waals surface area contributed by atoms with Crippen molar-refractivity contribution >= 4 is 5.97 Å². The Morgan fingerprint density at radius 2 is 2.55 bits per heavy atom. The number of carbonyl (C=O) groups excluding carboxylic acids is 1. The van der Waals surface area contributed by atoms with E-state index < -0.39 is 0 Å². The summed E-state index contributed by atoms with van der Waals surface area (Å²) in [6, 6.07) is 0. The molecular weight excluding hydrogens is 144 g/mol. The minimum Gasteiger partial charge on any atom is -0.463 e. The highest BCUT2D eigenvalue weighted by Crippen LogP contribution is 2.11. The van der Waals surface area contributed by atoms with Gasteiger partial charge in [0.1, 0.15) is 0 Å².